The summed E-state index contributed by atoms with van der Waals surface area (Å²) in [5.41, 5.74) is 1.23. The number of anilines is 1. The van der Waals surface area contributed by atoms with Crippen LogP contribution in [0.3, 0.4) is 0 Å². The fraction of sp³-hybridized carbons (Fsp3) is 0.0833. The first-order chi connectivity index (χ1) is 9.93. The van der Waals surface area contributed by atoms with E-state index < -0.39 is 23.4 Å². The first-order valence-electron chi connectivity index (χ1n) is 5.45. The van der Waals surface area contributed by atoms with Gasteiger partial charge in [-0.1, -0.05) is 11.6 Å². The standard InChI is InChI=1S/C12H8ClFN2O4S/c1-20-12(19)9-10(15-4-21-9)16-11(18)5-2-6(13)8(17)7(14)3-5/h2-4,17H,1H3,(H,16,18). The van der Waals surface area contributed by atoms with Crippen molar-refractivity contribution in [2.75, 3.05) is 12.4 Å². The summed E-state index contributed by atoms with van der Waals surface area (Å²) in [6, 6.07) is 1.92. The van der Waals surface area contributed by atoms with Crippen molar-refractivity contribution in [3.63, 3.8) is 0 Å². The van der Waals surface area contributed by atoms with Crippen molar-refractivity contribution < 1.29 is 23.8 Å². The Balaban J connectivity index is 2.27. The number of hydrogen-bond donors (Lipinski definition) is 2. The van der Waals surface area contributed by atoms with Crippen molar-refractivity contribution in [2.24, 2.45) is 0 Å². The van der Waals surface area contributed by atoms with Crippen LogP contribution in [-0.2, 0) is 4.74 Å². The number of aromatic hydroxyl groups is 1. The molecule has 2 N–H and O–H groups in total. The number of esters is 1. The molecule has 1 aromatic carbocycles. The Labute approximate surface area is 127 Å². The molecule has 2 rings (SSSR count). The number of carbonyl (C=O) groups is 2. The van der Waals surface area contributed by atoms with Gasteiger partial charge < -0.3 is 15.2 Å². The third-order valence-corrected chi connectivity index (χ3v) is 3.54. The van der Waals surface area contributed by atoms with Gasteiger partial charge in [-0.05, 0) is 12.1 Å². The first-order valence-corrected chi connectivity index (χ1v) is 6.71. The van der Waals surface area contributed by atoms with Crippen molar-refractivity contribution in [1.82, 2.24) is 4.98 Å². The second-order valence-electron chi connectivity index (χ2n) is 3.76. The average molecular weight is 331 g/mol. The predicted molar refractivity (Wildman–Crippen MR) is 74.5 cm³/mol. The number of phenolic OH excluding ortho intramolecular Hbond substituents is 1. The second kappa shape index (κ2) is 6.06. The maximum Gasteiger partial charge on any atom is 0.351 e. The summed E-state index contributed by atoms with van der Waals surface area (Å²) in [6.07, 6.45) is 0. The first kappa shape index (κ1) is 15.2. The van der Waals surface area contributed by atoms with E-state index in [1.165, 1.54) is 12.6 Å². The van der Waals surface area contributed by atoms with Gasteiger partial charge in [0.2, 0.25) is 0 Å². The average Bonchev–Trinajstić information content (AvgIpc) is 2.91. The number of nitrogens with one attached hydrogen (secondary N) is 1. The minimum Gasteiger partial charge on any atom is -0.504 e. The fourth-order valence-corrected chi connectivity index (χ4v) is 2.32. The monoisotopic (exact) mass is 330 g/mol. The maximum atomic E-state index is 13.3. The zero-order chi connectivity index (χ0) is 15.6. The molecule has 0 saturated carbocycles. The molecular formula is C12H8ClFN2O4S. The van der Waals surface area contributed by atoms with E-state index in [9.17, 15) is 19.1 Å². The van der Waals surface area contributed by atoms with Crippen molar-refractivity contribution in [3.8, 4) is 5.75 Å². The molecule has 1 amide bonds. The summed E-state index contributed by atoms with van der Waals surface area (Å²) in [6.45, 7) is 0. The van der Waals surface area contributed by atoms with Crippen LogP contribution in [0.4, 0.5) is 10.2 Å². The number of aromatic nitrogens is 1. The zero-order valence-corrected chi connectivity index (χ0v) is 12.1. The van der Waals surface area contributed by atoms with Gasteiger partial charge in [-0.2, -0.15) is 0 Å². The zero-order valence-electron chi connectivity index (χ0n) is 10.5. The largest absolute Gasteiger partial charge is 0.504 e. The molecule has 0 spiro atoms. The molecule has 0 radical (unpaired) electrons. The number of halogens is 2. The number of carbonyl (C=O) groups excluding carboxylic acids is 2. The van der Waals surface area contributed by atoms with Gasteiger partial charge in [-0.15, -0.1) is 11.3 Å². The molecule has 1 heterocycles. The number of methoxy groups -OCH3 is 1. The lowest BCUT2D eigenvalue weighted by atomic mass is 10.2. The quantitative estimate of drug-likeness (QED) is 0.845. The van der Waals surface area contributed by atoms with Gasteiger partial charge in [0.15, 0.2) is 22.3 Å². The van der Waals surface area contributed by atoms with Crippen molar-refractivity contribution in [2.45, 2.75) is 0 Å². The molecule has 21 heavy (non-hydrogen) atoms. The number of amides is 1. The highest BCUT2D eigenvalue weighted by atomic mass is 35.5. The second-order valence-corrected chi connectivity index (χ2v) is 5.03. The van der Waals surface area contributed by atoms with E-state index in [4.69, 9.17) is 11.6 Å². The third kappa shape index (κ3) is 3.11. The Kier molecular flexibility index (Phi) is 4.39. The summed E-state index contributed by atoms with van der Waals surface area (Å²) >= 11 is 6.58. The summed E-state index contributed by atoms with van der Waals surface area (Å²) < 4.78 is 17.9. The lowest BCUT2D eigenvalue weighted by molar-refractivity contribution is 0.0607. The Bertz CT molecular complexity index is 696. The molecule has 0 atom stereocenters. The number of ether oxygens (including phenoxy) is 1. The fourth-order valence-electron chi connectivity index (χ4n) is 1.45. The van der Waals surface area contributed by atoms with Crippen LogP contribution in [0.2, 0.25) is 5.02 Å². The Morgan fingerprint density at radius 3 is 2.81 bits per heavy atom. The highest BCUT2D eigenvalue weighted by Gasteiger charge is 2.19. The summed E-state index contributed by atoms with van der Waals surface area (Å²) in [7, 11) is 1.20. The van der Waals surface area contributed by atoms with E-state index >= 15 is 0 Å². The molecule has 0 aliphatic rings. The maximum absolute atomic E-state index is 13.3. The summed E-state index contributed by atoms with van der Waals surface area (Å²) in [4.78, 5) is 27.4. The molecule has 0 aliphatic carbocycles. The molecule has 1 aromatic heterocycles. The normalized spacial score (nSPS) is 10.2. The Hall–Kier alpha value is -2.19. The van der Waals surface area contributed by atoms with E-state index in [-0.39, 0.29) is 21.3 Å². The topological polar surface area (TPSA) is 88.5 Å². The van der Waals surface area contributed by atoms with E-state index in [0.717, 1.165) is 23.5 Å². The molecular weight excluding hydrogens is 323 g/mol. The SMILES string of the molecule is COC(=O)c1scnc1NC(=O)c1cc(F)c(O)c(Cl)c1. The van der Waals surface area contributed by atoms with Crippen LogP contribution < -0.4 is 5.32 Å². The Morgan fingerprint density at radius 2 is 2.19 bits per heavy atom. The van der Waals surface area contributed by atoms with Gasteiger partial charge in [-0.3, -0.25) is 4.79 Å². The van der Waals surface area contributed by atoms with Crippen LogP contribution >= 0.6 is 22.9 Å². The van der Waals surface area contributed by atoms with Crippen LogP contribution in [-0.4, -0.2) is 29.1 Å². The van der Waals surface area contributed by atoms with Gasteiger partial charge in [0, 0.05) is 5.56 Å². The van der Waals surface area contributed by atoms with E-state index in [2.05, 4.69) is 15.0 Å². The van der Waals surface area contributed by atoms with Crippen molar-refractivity contribution in [3.05, 3.63) is 38.9 Å². The van der Waals surface area contributed by atoms with Gasteiger partial charge in [0.1, 0.15) is 0 Å². The lowest BCUT2D eigenvalue weighted by Crippen LogP contribution is -2.15. The number of thiazole rings is 1. The van der Waals surface area contributed by atoms with Gasteiger partial charge >= 0.3 is 5.97 Å². The van der Waals surface area contributed by atoms with Gasteiger partial charge in [0.05, 0.1) is 17.6 Å². The van der Waals surface area contributed by atoms with Crippen LogP contribution in [0, 0.1) is 5.82 Å². The molecule has 0 fully saturated rings. The van der Waals surface area contributed by atoms with Gasteiger partial charge in [-0.25, -0.2) is 14.2 Å². The van der Waals surface area contributed by atoms with Crippen molar-refractivity contribution in [1.29, 1.82) is 0 Å². The van der Waals surface area contributed by atoms with Crippen LogP contribution in [0.15, 0.2) is 17.6 Å². The number of nitrogens with zero attached hydrogens (tertiary/aromatic N) is 1. The number of rotatable bonds is 3. The minimum absolute atomic E-state index is 0.00135. The van der Waals surface area contributed by atoms with Gasteiger partial charge in [0.25, 0.3) is 5.91 Å². The predicted octanol–water partition coefficient (Wildman–Crippen LogP) is 2.68. The van der Waals surface area contributed by atoms with Crippen LogP contribution in [0.1, 0.15) is 20.0 Å². The lowest BCUT2D eigenvalue weighted by Gasteiger charge is -2.06. The number of benzene rings is 1. The Morgan fingerprint density at radius 1 is 1.48 bits per heavy atom. The molecule has 110 valence electrons. The molecule has 2 aromatic rings. The summed E-state index contributed by atoms with van der Waals surface area (Å²) in [5, 5.41) is 11.3. The van der Waals surface area contributed by atoms with E-state index in [0.29, 0.717) is 0 Å². The smallest absolute Gasteiger partial charge is 0.351 e. The molecule has 0 unspecified atom stereocenters. The van der Waals surface area contributed by atoms with Crippen LogP contribution in [0.5, 0.6) is 5.75 Å². The minimum atomic E-state index is -1.03. The number of hydrogen-bond acceptors (Lipinski definition) is 6. The third-order valence-electron chi connectivity index (χ3n) is 2.45. The molecule has 0 bridgehead atoms. The van der Waals surface area contributed by atoms with E-state index in [1.54, 1.807) is 0 Å². The highest BCUT2D eigenvalue weighted by Crippen LogP contribution is 2.28. The molecule has 6 nitrogen and oxygen atoms in total. The highest BCUT2D eigenvalue weighted by molar-refractivity contribution is 7.12. The van der Waals surface area contributed by atoms with Crippen molar-refractivity contribution >= 4 is 40.6 Å². The molecule has 0 saturated heterocycles. The summed E-state index contributed by atoms with van der Waals surface area (Å²) in [5.74, 6) is -3.15. The molecule has 9 heteroatoms. The number of phenols is 1. The van der Waals surface area contributed by atoms with Crippen LogP contribution in [0.25, 0.3) is 0 Å². The molecule has 0 aliphatic heterocycles. The van der Waals surface area contributed by atoms with E-state index in [1.807, 2.05) is 0 Å².